The average Bonchev–Trinajstić information content (AvgIpc) is 2.57. The van der Waals surface area contributed by atoms with Crippen LogP contribution < -0.4 is 19.7 Å². The zero-order valence-electron chi connectivity index (χ0n) is 14.3. The summed E-state index contributed by atoms with van der Waals surface area (Å²) in [6.07, 6.45) is 10.5. The summed E-state index contributed by atoms with van der Waals surface area (Å²) in [5, 5.41) is 3.80. The minimum absolute atomic E-state index is 0.121. The van der Waals surface area contributed by atoms with E-state index in [1.165, 1.54) is 25.7 Å². The number of hydrogen-bond acceptors (Lipinski definition) is 4. The maximum Gasteiger partial charge on any atom is 0.162 e. The van der Waals surface area contributed by atoms with Gasteiger partial charge in [-0.3, -0.25) is 0 Å². The van der Waals surface area contributed by atoms with Crippen LogP contribution in [0.3, 0.4) is 0 Å². The van der Waals surface area contributed by atoms with Crippen molar-refractivity contribution >= 4 is 11.4 Å². The molecule has 1 heterocycles. The second-order valence-corrected chi connectivity index (χ2v) is 6.87. The standard InChI is InChI=1S/C19H26N2O2/c1-5-10-21-13-19(8-6-14(2)7-9-19)20-15-11-17(22-3)18(23-4)12-16(15)21/h1,11-12,14,20H,6-10,13H2,2-4H3. The van der Waals surface area contributed by atoms with E-state index in [2.05, 4.69) is 23.1 Å². The molecule has 2 aliphatic rings. The molecule has 0 atom stereocenters. The Labute approximate surface area is 139 Å². The van der Waals surface area contributed by atoms with Crippen molar-refractivity contribution in [3.05, 3.63) is 12.1 Å². The molecule has 1 N–H and O–H groups in total. The Kier molecular flexibility index (Phi) is 4.30. The second kappa shape index (κ2) is 6.23. The van der Waals surface area contributed by atoms with Crippen molar-refractivity contribution in [1.29, 1.82) is 0 Å². The van der Waals surface area contributed by atoms with Gasteiger partial charge < -0.3 is 19.7 Å². The van der Waals surface area contributed by atoms with Gasteiger partial charge in [0.2, 0.25) is 0 Å². The van der Waals surface area contributed by atoms with Crippen molar-refractivity contribution in [2.75, 3.05) is 37.5 Å². The molecule has 0 bridgehead atoms. The lowest BCUT2D eigenvalue weighted by Gasteiger charge is -2.48. The van der Waals surface area contributed by atoms with Gasteiger partial charge in [0, 0.05) is 18.7 Å². The van der Waals surface area contributed by atoms with Gasteiger partial charge in [0.05, 0.1) is 37.7 Å². The third-order valence-electron chi connectivity index (χ3n) is 5.25. The fourth-order valence-corrected chi connectivity index (χ4v) is 3.85. The molecule has 1 aliphatic carbocycles. The molecule has 23 heavy (non-hydrogen) atoms. The Morgan fingerprint density at radius 1 is 1.26 bits per heavy atom. The number of hydrogen-bond donors (Lipinski definition) is 1. The molecular formula is C19H26N2O2. The van der Waals surface area contributed by atoms with Gasteiger partial charge in [-0.1, -0.05) is 12.8 Å². The number of ether oxygens (including phenoxy) is 2. The summed E-state index contributed by atoms with van der Waals surface area (Å²) in [5.41, 5.74) is 2.32. The van der Waals surface area contributed by atoms with E-state index in [0.29, 0.717) is 6.54 Å². The van der Waals surface area contributed by atoms with E-state index in [1.807, 2.05) is 12.1 Å². The quantitative estimate of drug-likeness (QED) is 0.866. The molecule has 0 radical (unpaired) electrons. The van der Waals surface area contributed by atoms with Crippen molar-refractivity contribution in [1.82, 2.24) is 0 Å². The molecule has 0 saturated heterocycles. The average molecular weight is 314 g/mol. The largest absolute Gasteiger partial charge is 0.493 e. The molecule has 3 rings (SSSR count). The van der Waals surface area contributed by atoms with E-state index >= 15 is 0 Å². The minimum Gasteiger partial charge on any atom is -0.493 e. The third-order valence-corrected chi connectivity index (χ3v) is 5.25. The van der Waals surface area contributed by atoms with E-state index in [0.717, 1.165) is 35.3 Å². The fourth-order valence-electron chi connectivity index (χ4n) is 3.85. The Morgan fingerprint density at radius 3 is 2.52 bits per heavy atom. The first kappa shape index (κ1) is 15.9. The Balaban J connectivity index is 1.99. The van der Waals surface area contributed by atoms with Gasteiger partial charge in [-0.25, -0.2) is 0 Å². The Morgan fingerprint density at radius 2 is 1.91 bits per heavy atom. The van der Waals surface area contributed by atoms with Crippen molar-refractivity contribution < 1.29 is 9.47 Å². The lowest BCUT2D eigenvalue weighted by Crippen LogP contribution is -2.54. The highest BCUT2D eigenvalue weighted by atomic mass is 16.5. The van der Waals surface area contributed by atoms with E-state index in [4.69, 9.17) is 15.9 Å². The van der Waals surface area contributed by atoms with Crippen LogP contribution in [0.4, 0.5) is 11.4 Å². The summed E-state index contributed by atoms with van der Waals surface area (Å²) in [6, 6.07) is 4.06. The third kappa shape index (κ3) is 2.93. The van der Waals surface area contributed by atoms with Crippen LogP contribution in [0.5, 0.6) is 11.5 Å². The Bertz CT molecular complexity index is 613. The molecule has 0 unspecified atom stereocenters. The first-order valence-electron chi connectivity index (χ1n) is 8.33. The SMILES string of the molecule is C#CCN1CC2(CCC(C)CC2)Nc2cc(OC)c(OC)cc21. The number of methoxy groups -OCH3 is 2. The fraction of sp³-hybridized carbons (Fsp3) is 0.579. The summed E-state index contributed by atoms with van der Waals surface area (Å²) < 4.78 is 10.9. The molecule has 4 nitrogen and oxygen atoms in total. The van der Waals surface area contributed by atoms with Crippen LogP contribution in [-0.4, -0.2) is 32.8 Å². The first-order valence-corrected chi connectivity index (χ1v) is 8.33. The highest BCUT2D eigenvalue weighted by Gasteiger charge is 2.40. The van der Waals surface area contributed by atoms with Crippen LogP contribution in [0.2, 0.25) is 0 Å². The van der Waals surface area contributed by atoms with Crippen LogP contribution in [0.1, 0.15) is 32.6 Å². The zero-order chi connectivity index (χ0) is 16.4. The minimum atomic E-state index is 0.121. The molecular weight excluding hydrogens is 288 g/mol. The van der Waals surface area contributed by atoms with Crippen LogP contribution >= 0.6 is 0 Å². The van der Waals surface area contributed by atoms with Crippen molar-refractivity contribution in [3.63, 3.8) is 0 Å². The van der Waals surface area contributed by atoms with E-state index in [-0.39, 0.29) is 5.54 Å². The van der Waals surface area contributed by atoms with Gasteiger partial charge in [0.1, 0.15) is 0 Å². The van der Waals surface area contributed by atoms with Crippen molar-refractivity contribution in [2.45, 2.75) is 38.1 Å². The van der Waals surface area contributed by atoms with Crippen molar-refractivity contribution in [2.24, 2.45) is 5.92 Å². The molecule has 124 valence electrons. The first-order chi connectivity index (χ1) is 11.1. The monoisotopic (exact) mass is 314 g/mol. The zero-order valence-corrected chi connectivity index (χ0v) is 14.3. The summed E-state index contributed by atoms with van der Waals surface area (Å²) in [6.45, 7) is 3.91. The van der Waals surface area contributed by atoms with Crippen LogP contribution in [-0.2, 0) is 0 Å². The molecule has 0 amide bonds. The number of terminal acetylenes is 1. The summed E-state index contributed by atoms with van der Waals surface area (Å²) in [5.74, 6) is 5.11. The number of nitrogens with zero attached hydrogens (tertiary/aromatic N) is 1. The van der Waals surface area contributed by atoms with E-state index in [1.54, 1.807) is 14.2 Å². The second-order valence-electron chi connectivity index (χ2n) is 6.87. The van der Waals surface area contributed by atoms with Gasteiger partial charge >= 0.3 is 0 Å². The summed E-state index contributed by atoms with van der Waals surface area (Å²) in [7, 11) is 3.33. The molecule has 1 aromatic rings. The van der Waals surface area contributed by atoms with Gasteiger partial charge in [0.15, 0.2) is 11.5 Å². The smallest absolute Gasteiger partial charge is 0.162 e. The molecule has 1 aliphatic heterocycles. The maximum absolute atomic E-state index is 5.62. The van der Waals surface area contributed by atoms with Crippen molar-refractivity contribution in [3.8, 4) is 23.8 Å². The maximum atomic E-state index is 5.62. The number of benzene rings is 1. The molecule has 0 aromatic heterocycles. The van der Waals surface area contributed by atoms with E-state index in [9.17, 15) is 0 Å². The Hall–Kier alpha value is -2.02. The number of anilines is 2. The van der Waals surface area contributed by atoms with Crippen LogP contribution in [0.15, 0.2) is 12.1 Å². The molecule has 4 heteroatoms. The van der Waals surface area contributed by atoms with Gasteiger partial charge in [-0.15, -0.1) is 6.42 Å². The van der Waals surface area contributed by atoms with Crippen LogP contribution in [0.25, 0.3) is 0 Å². The number of nitrogens with one attached hydrogen (secondary N) is 1. The number of rotatable bonds is 3. The lowest BCUT2D eigenvalue weighted by atomic mass is 9.75. The summed E-state index contributed by atoms with van der Waals surface area (Å²) in [4.78, 5) is 2.30. The molecule has 1 saturated carbocycles. The molecule has 1 spiro atoms. The van der Waals surface area contributed by atoms with Gasteiger partial charge in [-0.2, -0.15) is 0 Å². The topological polar surface area (TPSA) is 33.7 Å². The highest BCUT2D eigenvalue weighted by Crippen LogP contribution is 2.46. The summed E-state index contributed by atoms with van der Waals surface area (Å²) >= 11 is 0. The highest BCUT2D eigenvalue weighted by molar-refractivity contribution is 5.78. The molecule has 1 fully saturated rings. The lowest BCUT2D eigenvalue weighted by molar-refractivity contribution is 0.265. The normalized spacial score (nSPS) is 26.2. The van der Waals surface area contributed by atoms with Gasteiger partial charge in [0.25, 0.3) is 0 Å². The predicted molar refractivity (Wildman–Crippen MR) is 94.6 cm³/mol. The number of fused-ring (bicyclic) bond motifs is 1. The predicted octanol–water partition coefficient (Wildman–Crippen LogP) is 3.52. The molecule has 1 aromatic carbocycles. The van der Waals surface area contributed by atoms with E-state index < -0.39 is 0 Å². The van der Waals surface area contributed by atoms with Gasteiger partial charge in [-0.05, 0) is 31.6 Å². The van der Waals surface area contributed by atoms with Crippen LogP contribution in [0, 0.1) is 18.3 Å².